The molecular weight excluding hydrogens is 230 g/mol. The number of aromatic carboxylic acids is 1. The minimum absolute atomic E-state index is 0.0780. The highest BCUT2D eigenvalue weighted by molar-refractivity contribution is 5.86. The van der Waals surface area contributed by atoms with E-state index in [1.807, 2.05) is 0 Å². The molecule has 0 aliphatic heterocycles. The first-order chi connectivity index (χ1) is 7.82. The molecule has 1 aromatic rings. The van der Waals surface area contributed by atoms with Crippen molar-refractivity contribution in [3.63, 3.8) is 0 Å². The molecular formula is C9H13N3O5. The summed E-state index contributed by atoms with van der Waals surface area (Å²) < 4.78 is 5.88. The van der Waals surface area contributed by atoms with Crippen LogP contribution in [-0.4, -0.2) is 44.3 Å². The second-order valence-electron chi connectivity index (χ2n) is 3.90. The van der Waals surface area contributed by atoms with Crippen LogP contribution in [0.1, 0.15) is 30.0 Å². The van der Waals surface area contributed by atoms with Gasteiger partial charge in [-0.05, 0) is 13.8 Å². The summed E-state index contributed by atoms with van der Waals surface area (Å²) in [6, 6.07) is 0. The van der Waals surface area contributed by atoms with E-state index < -0.39 is 17.5 Å². The zero-order valence-corrected chi connectivity index (χ0v) is 9.67. The third kappa shape index (κ3) is 2.26. The van der Waals surface area contributed by atoms with E-state index in [0.717, 1.165) is 4.68 Å². The molecule has 1 heterocycles. The highest BCUT2D eigenvalue weighted by Crippen LogP contribution is 2.19. The minimum Gasteiger partial charge on any atom is -0.479 e. The molecule has 17 heavy (non-hydrogen) atoms. The van der Waals surface area contributed by atoms with Crippen LogP contribution in [0.4, 0.5) is 0 Å². The quantitative estimate of drug-likeness (QED) is 0.744. The van der Waals surface area contributed by atoms with Crippen LogP contribution in [0, 0.1) is 0 Å². The number of aliphatic carboxylic acids is 1. The van der Waals surface area contributed by atoms with E-state index in [1.165, 1.54) is 21.0 Å². The molecule has 8 heteroatoms. The molecule has 2 N–H and O–H groups in total. The van der Waals surface area contributed by atoms with Gasteiger partial charge in [-0.1, -0.05) is 5.21 Å². The van der Waals surface area contributed by atoms with E-state index in [1.54, 1.807) is 0 Å². The first kappa shape index (κ1) is 13.1. The normalized spacial score (nSPS) is 11.5. The van der Waals surface area contributed by atoms with Crippen LogP contribution in [0.2, 0.25) is 0 Å². The summed E-state index contributed by atoms with van der Waals surface area (Å²) in [5.41, 5.74) is -1.58. The standard InChI is InChI=1S/C9H13N3O5/c1-9(2,8(15)16)12-5(4-17-3)6(7(13)14)10-11-12/h4H2,1-3H3,(H,13,14)(H,15,16). The highest BCUT2D eigenvalue weighted by atomic mass is 16.5. The summed E-state index contributed by atoms with van der Waals surface area (Å²) in [7, 11) is 1.37. The Labute approximate surface area is 96.8 Å². The Morgan fingerprint density at radius 2 is 2.00 bits per heavy atom. The fourth-order valence-corrected chi connectivity index (χ4v) is 1.27. The number of carboxylic acid groups (broad SMARTS) is 2. The van der Waals surface area contributed by atoms with Crippen LogP contribution in [0.5, 0.6) is 0 Å². The number of ether oxygens (including phenoxy) is 1. The fraction of sp³-hybridized carbons (Fsp3) is 0.556. The maximum atomic E-state index is 11.1. The van der Waals surface area contributed by atoms with Crippen LogP contribution >= 0.6 is 0 Å². The van der Waals surface area contributed by atoms with E-state index >= 15 is 0 Å². The largest absolute Gasteiger partial charge is 0.479 e. The van der Waals surface area contributed by atoms with Crippen molar-refractivity contribution >= 4 is 11.9 Å². The van der Waals surface area contributed by atoms with Crippen LogP contribution in [0.25, 0.3) is 0 Å². The Morgan fingerprint density at radius 3 is 2.41 bits per heavy atom. The molecule has 0 aromatic carbocycles. The summed E-state index contributed by atoms with van der Waals surface area (Å²) in [5.74, 6) is -2.42. The van der Waals surface area contributed by atoms with Crippen molar-refractivity contribution in [1.82, 2.24) is 15.0 Å². The smallest absolute Gasteiger partial charge is 0.358 e. The SMILES string of the molecule is COCc1c(C(=O)O)nnn1C(C)(C)C(=O)O. The summed E-state index contributed by atoms with van der Waals surface area (Å²) in [6.07, 6.45) is 0. The van der Waals surface area contributed by atoms with Gasteiger partial charge in [0.1, 0.15) is 5.69 Å². The third-order valence-corrected chi connectivity index (χ3v) is 2.30. The lowest BCUT2D eigenvalue weighted by molar-refractivity contribution is -0.146. The number of rotatable bonds is 5. The molecule has 0 spiro atoms. The number of carboxylic acids is 2. The first-order valence-corrected chi connectivity index (χ1v) is 4.73. The van der Waals surface area contributed by atoms with Gasteiger partial charge in [0.05, 0.1) is 6.61 Å². The number of carbonyl (C=O) groups is 2. The zero-order valence-electron chi connectivity index (χ0n) is 9.67. The molecule has 1 aromatic heterocycles. The van der Waals surface area contributed by atoms with Gasteiger partial charge < -0.3 is 14.9 Å². The molecule has 0 atom stereocenters. The molecule has 0 unspecified atom stereocenters. The number of methoxy groups -OCH3 is 1. The molecule has 0 amide bonds. The summed E-state index contributed by atoms with van der Waals surface area (Å²) in [5, 5.41) is 25.0. The lowest BCUT2D eigenvalue weighted by Crippen LogP contribution is -2.38. The molecule has 94 valence electrons. The Balaban J connectivity index is 3.34. The van der Waals surface area contributed by atoms with Gasteiger partial charge in [-0.2, -0.15) is 0 Å². The lowest BCUT2D eigenvalue weighted by Gasteiger charge is -2.21. The topological polar surface area (TPSA) is 115 Å². The average molecular weight is 243 g/mol. The summed E-state index contributed by atoms with van der Waals surface area (Å²) in [6.45, 7) is 2.72. The molecule has 0 saturated heterocycles. The van der Waals surface area contributed by atoms with Crippen molar-refractivity contribution in [3.05, 3.63) is 11.4 Å². The maximum Gasteiger partial charge on any atom is 0.358 e. The van der Waals surface area contributed by atoms with E-state index in [2.05, 4.69) is 10.3 Å². The lowest BCUT2D eigenvalue weighted by atomic mass is 10.1. The Hall–Kier alpha value is -1.96. The second-order valence-corrected chi connectivity index (χ2v) is 3.90. The molecule has 0 radical (unpaired) electrons. The zero-order chi connectivity index (χ0) is 13.2. The van der Waals surface area contributed by atoms with Crippen LogP contribution in [-0.2, 0) is 21.7 Å². The molecule has 0 saturated carbocycles. The van der Waals surface area contributed by atoms with Gasteiger partial charge in [-0.25, -0.2) is 14.3 Å². The van der Waals surface area contributed by atoms with E-state index in [-0.39, 0.29) is 18.0 Å². The van der Waals surface area contributed by atoms with Crippen molar-refractivity contribution < 1.29 is 24.5 Å². The minimum atomic E-state index is -1.39. The predicted molar refractivity (Wildman–Crippen MR) is 54.7 cm³/mol. The van der Waals surface area contributed by atoms with E-state index in [4.69, 9.17) is 14.9 Å². The monoisotopic (exact) mass is 243 g/mol. The summed E-state index contributed by atoms with van der Waals surface area (Å²) >= 11 is 0. The molecule has 0 bridgehead atoms. The first-order valence-electron chi connectivity index (χ1n) is 4.73. The van der Waals surface area contributed by atoms with Crippen molar-refractivity contribution in [2.24, 2.45) is 0 Å². The number of nitrogens with zero attached hydrogens (tertiary/aromatic N) is 3. The average Bonchev–Trinajstić information content (AvgIpc) is 2.62. The van der Waals surface area contributed by atoms with E-state index in [0.29, 0.717) is 0 Å². The van der Waals surface area contributed by atoms with Gasteiger partial charge in [0, 0.05) is 7.11 Å². The molecule has 8 nitrogen and oxygen atoms in total. The van der Waals surface area contributed by atoms with Crippen LogP contribution in [0.15, 0.2) is 0 Å². The number of hydrogen-bond acceptors (Lipinski definition) is 5. The van der Waals surface area contributed by atoms with Crippen LogP contribution < -0.4 is 0 Å². The van der Waals surface area contributed by atoms with Crippen molar-refractivity contribution in [3.8, 4) is 0 Å². The van der Waals surface area contributed by atoms with Crippen molar-refractivity contribution in [2.75, 3.05) is 7.11 Å². The van der Waals surface area contributed by atoms with Gasteiger partial charge in [0.25, 0.3) is 0 Å². The molecule has 0 aliphatic carbocycles. The Bertz CT molecular complexity index is 451. The van der Waals surface area contributed by atoms with Gasteiger partial charge in [0.2, 0.25) is 0 Å². The third-order valence-electron chi connectivity index (χ3n) is 2.30. The highest BCUT2D eigenvalue weighted by Gasteiger charge is 2.35. The second kappa shape index (κ2) is 4.50. The van der Waals surface area contributed by atoms with Crippen LogP contribution in [0.3, 0.4) is 0 Å². The van der Waals surface area contributed by atoms with Gasteiger partial charge >= 0.3 is 11.9 Å². The van der Waals surface area contributed by atoms with Gasteiger partial charge in [0.15, 0.2) is 11.2 Å². The van der Waals surface area contributed by atoms with Gasteiger partial charge in [-0.3, -0.25) is 0 Å². The van der Waals surface area contributed by atoms with Gasteiger partial charge in [-0.15, -0.1) is 5.10 Å². The van der Waals surface area contributed by atoms with Crippen molar-refractivity contribution in [1.29, 1.82) is 0 Å². The molecule has 0 fully saturated rings. The predicted octanol–water partition coefficient (Wildman–Crippen LogP) is -0.0576. The molecule has 0 aliphatic rings. The number of aromatic nitrogens is 3. The maximum absolute atomic E-state index is 11.1. The summed E-state index contributed by atoms with van der Waals surface area (Å²) in [4.78, 5) is 22.0. The fourth-order valence-electron chi connectivity index (χ4n) is 1.27. The molecule has 1 rings (SSSR count). The van der Waals surface area contributed by atoms with E-state index in [9.17, 15) is 9.59 Å². The number of hydrogen-bond donors (Lipinski definition) is 2. The van der Waals surface area contributed by atoms with Crippen molar-refractivity contribution in [2.45, 2.75) is 26.0 Å². The Kier molecular flexibility index (Phi) is 3.47. The Morgan fingerprint density at radius 1 is 1.41 bits per heavy atom.